The first-order chi connectivity index (χ1) is 6.10. The van der Waals surface area contributed by atoms with Crippen molar-refractivity contribution in [1.82, 2.24) is 9.80 Å². The maximum atomic E-state index is 2.77. The van der Waals surface area contributed by atoms with Crippen LogP contribution in [-0.2, 0) is 0 Å². The van der Waals surface area contributed by atoms with Gasteiger partial charge in [0.2, 0.25) is 0 Å². The number of piperazine rings is 1. The minimum Gasteiger partial charge on any atom is -0.298 e. The Balaban J connectivity index is 1.73. The summed E-state index contributed by atoms with van der Waals surface area (Å²) in [5, 5.41) is 0. The van der Waals surface area contributed by atoms with Gasteiger partial charge in [0.15, 0.2) is 0 Å². The number of nitrogens with zero attached hydrogens (tertiary/aromatic N) is 2. The van der Waals surface area contributed by atoms with Crippen LogP contribution < -0.4 is 0 Å². The van der Waals surface area contributed by atoms with Gasteiger partial charge in [-0.25, -0.2) is 0 Å². The molecule has 3 rings (SSSR count). The molecule has 3 saturated heterocycles. The van der Waals surface area contributed by atoms with E-state index in [0.29, 0.717) is 5.54 Å². The van der Waals surface area contributed by atoms with Gasteiger partial charge in [-0.3, -0.25) is 9.80 Å². The lowest BCUT2D eigenvalue weighted by Gasteiger charge is -2.73. The van der Waals surface area contributed by atoms with Crippen LogP contribution in [-0.4, -0.2) is 46.6 Å². The zero-order valence-corrected chi connectivity index (χ0v) is 8.95. The molecule has 2 nitrogen and oxygen atoms in total. The summed E-state index contributed by atoms with van der Waals surface area (Å²) < 4.78 is 0. The molecule has 3 fully saturated rings. The number of hydrogen-bond acceptors (Lipinski definition) is 2. The molecule has 3 aliphatic heterocycles. The highest BCUT2D eigenvalue weighted by Crippen LogP contribution is 2.53. The highest BCUT2D eigenvalue weighted by Gasteiger charge is 2.62. The largest absolute Gasteiger partial charge is 0.298 e. The van der Waals surface area contributed by atoms with Gasteiger partial charge in [0.1, 0.15) is 0 Å². The van der Waals surface area contributed by atoms with E-state index in [1.54, 1.807) is 0 Å². The van der Waals surface area contributed by atoms with Crippen LogP contribution in [0.15, 0.2) is 0 Å². The second-order valence-corrected chi connectivity index (χ2v) is 5.67. The summed E-state index contributed by atoms with van der Waals surface area (Å²) in [5.41, 5.74) is 0.637. The van der Waals surface area contributed by atoms with Crippen molar-refractivity contribution >= 4 is 0 Å². The van der Waals surface area contributed by atoms with E-state index < -0.39 is 0 Å². The number of likely N-dealkylation sites (tertiary alicyclic amines) is 1. The van der Waals surface area contributed by atoms with Gasteiger partial charge in [0.05, 0.1) is 0 Å². The Kier molecular flexibility index (Phi) is 1.45. The Morgan fingerprint density at radius 3 is 2.08 bits per heavy atom. The molecule has 74 valence electrons. The zero-order chi connectivity index (χ0) is 9.22. The zero-order valence-electron chi connectivity index (χ0n) is 8.95. The van der Waals surface area contributed by atoms with Gasteiger partial charge < -0.3 is 0 Å². The predicted octanol–water partition coefficient (Wildman–Crippen LogP) is 1.32. The maximum absolute atomic E-state index is 2.77. The number of piperidine rings is 1. The van der Waals surface area contributed by atoms with Crippen LogP contribution in [0.5, 0.6) is 0 Å². The van der Waals surface area contributed by atoms with E-state index in [1.165, 1.54) is 25.9 Å². The van der Waals surface area contributed by atoms with Crippen LogP contribution in [0.1, 0.15) is 33.6 Å². The smallest absolute Gasteiger partial charge is 0.0249 e. The van der Waals surface area contributed by atoms with Crippen molar-refractivity contribution in [3.8, 4) is 0 Å². The summed E-state index contributed by atoms with van der Waals surface area (Å²) in [7, 11) is 0. The van der Waals surface area contributed by atoms with Gasteiger partial charge in [0.25, 0.3) is 0 Å². The minimum atomic E-state index is 0.637. The molecule has 13 heavy (non-hydrogen) atoms. The predicted molar refractivity (Wildman–Crippen MR) is 53.8 cm³/mol. The standard InChI is InChI=1S/C11H20N2/c1-8(2)12-6-9-4-11(3)5-10(7-12)13(9)11/h8-10H,4-7H2,1-3H3/t9-,10+,11?. The second kappa shape index (κ2) is 2.29. The van der Waals surface area contributed by atoms with Crippen LogP contribution in [0.2, 0.25) is 0 Å². The van der Waals surface area contributed by atoms with E-state index in [1.807, 2.05) is 0 Å². The summed E-state index contributed by atoms with van der Waals surface area (Å²) in [4.78, 5) is 5.43. The fourth-order valence-corrected chi connectivity index (χ4v) is 3.80. The molecule has 0 bridgehead atoms. The summed E-state index contributed by atoms with van der Waals surface area (Å²) in [6.07, 6.45) is 2.90. The van der Waals surface area contributed by atoms with E-state index in [4.69, 9.17) is 0 Å². The van der Waals surface area contributed by atoms with Crippen molar-refractivity contribution in [2.24, 2.45) is 0 Å². The molecule has 0 aromatic carbocycles. The molecule has 2 heteroatoms. The molecule has 0 N–H and O–H groups in total. The molecular weight excluding hydrogens is 160 g/mol. The quantitative estimate of drug-likeness (QED) is 0.600. The topological polar surface area (TPSA) is 6.48 Å². The van der Waals surface area contributed by atoms with Crippen LogP contribution in [0.4, 0.5) is 0 Å². The first-order valence-corrected chi connectivity index (χ1v) is 5.63. The van der Waals surface area contributed by atoms with Gasteiger partial charge >= 0.3 is 0 Å². The van der Waals surface area contributed by atoms with E-state index in [2.05, 4.69) is 30.6 Å². The molecule has 0 aliphatic carbocycles. The number of rotatable bonds is 1. The van der Waals surface area contributed by atoms with Gasteiger partial charge in [-0.15, -0.1) is 0 Å². The van der Waals surface area contributed by atoms with Crippen LogP contribution in [0.3, 0.4) is 0 Å². The molecule has 0 radical (unpaired) electrons. The molecule has 0 aromatic rings. The lowest BCUT2D eigenvalue weighted by molar-refractivity contribution is -0.226. The first-order valence-electron chi connectivity index (χ1n) is 5.63. The van der Waals surface area contributed by atoms with Gasteiger partial charge in [-0.2, -0.15) is 0 Å². The molecule has 3 atom stereocenters. The fourth-order valence-electron chi connectivity index (χ4n) is 3.80. The highest BCUT2D eigenvalue weighted by molar-refractivity contribution is 5.18. The van der Waals surface area contributed by atoms with Crippen molar-refractivity contribution in [2.75, 3.05) is 13.1 Å². The molecule has 0 aromatic heterocycles. The summed E-state index contributed by atoms with van der Waals surface area (Å²) in [5.74, 6) is 0. The SMILES string of the molecule is CC(C)N1C[C@@H]2CC3(C)C[C@H](C1)N23. The third kappa shape index (κ3) is 0.909. The first kappa shape index (κ1) is 8.25. The fraction of sp³-hybridized carbons (Fsp3) is 1.00. The van der Waals surface area contributed by atoms with E-state index in [-0.39, 0.29) is 0 Å². The normalized spacial score (nSPS) is 49.8. The summed E-state index contributed by atoms with van der Waals surface area (Å²) in [6, 6.07) is 2.55. The Morgan fingerprint density at radius 2 is 1.69 bits per heavy atom. The van der Waals surface area contributed by atoms with Crippen molar-refractivity contribution < 1.29 is 0 Å². The summed E-state index contributed by atoms with van der Waals surface area (Å²) in [6.45, 7) is 9.73. The Hall–Kier alpha value is -0.0800. The Labute approximate surface area is 80.9 Å². The van der Waals surface area contributed by atoms with Gasteiger partial charge in [-0.05, 0) is 33.6 Å². The molecule has 1 unspecified atom stereocenters. The summed E-state index contributed by atoms with van der Waals surface area (Å²) >= 11 is 0. The lowest BCUT2D eigenvalue weighted by atomic mass is 9.64. The van der Waals surface area contributed by atoms with Crippen LogP contribution >= 0.6 is 0 Å². The second-order valence-electron chi connectivity index (χ2n) is 5.67. The molecule has 3 aliphatic rings. The van der Waals surface area contributed by atoms with Crippen molar-refractivity contribution in [1.29, 1.82) is 0 Å². The Morgan fingerprint density at radius 1 is 1.15 bits per heavy atom. The van der Waals surface area contributed by atoms with Crippen molar-refractivity contribution in [3.05, 3.63) is 0 Å². The van der Waals surface area contributed by atoms with Crippen molar-refractivity contribution in [2.45, 2.75) is 57.3 Å². The highest BCUT2D eigenvalue weighted by atomic mass is 15.4. The van der Waals surface area contributed by atoms with E-state index >= 15 is 0 Å². The third-order valence-electron chi connectivity index (χ3n) is 4.38. The Bertz CT molecular complexity index is 220. The van der Waals surface area contributed by atoms with Gasteiger partial charge in [-0.1, -0.05) is 0 Å². The monoisotopic (exact) mass is 180 g/mol. The molecule has 0 spiro atoms. The molecule has 3 heterocycles. The van der Waals surface area contributed by atoms with E-state index in [0.717, 1.165) is 18.1 Å². The van der Waals surface area contributed by atoms with Gasteiger partial charge in [0, 0.05) is 36.8 Å². The van der Waals surface area contributed by atoms with Crippen molar-refractivity contribution in [3.63, 3.8) is 0 Å². The van der Waals surface area contributed by atoms with Crippen LogP contribution in [0.25, 0.3) is 0 Å². The molecular formula is C11H20N2. The molecule has 0 saturated carbocycles. The maximum Gasteiger partial charge on any atom is 0.0249 e. The average Bonchev–Trinajstić information content (AvgIpc) is 1.98. The minimum absolute atomic E-state index is 0.637. The number of hydrogen-bond donors (Lipinski definition) is 0. The lowest BCUT2D eigenvalue weighted by Crippen LogP contribution is -2.83. The molecule has 0 amide bonds. The van der Waals surface area contributed by atoms with E-state index in [9.17, 15) is 0 Å². The average molecular weight is 180 g/mol. The van der Waals surface area contributed by atoms with Crippen LogP contribution in [0, 0.1) is 0 Å². The third-order valence-corrected chi connectivity index (χ3v) is 4.38.